The molecule has 0 spiro atoms. The number of carbonyl (C=O) groups is 1. The molecule has 4 heteroatoms. The quantitative estimate of drug-likeness (QED) is 0.686. The summed E-state index contributed by atoms with van der Waals surface area (Å²) in [5.74, 6) is 0.842. The maximum atomic E-state index is 11.8. The summed E-state index contributed by atoms with van der Waals surface area (Å²) in [5, 5.41) is 6.29. The van der Waals surface area contributed by atoms with Gasteiger partial charge >= 0.3 is 0 Å². The van der Waals surface area contributed by atoms with E-state index in [2.05, 4.69) is 36.3 Å². The monoisotopic (exact) mass is 227 g/mol. The van der Waals surface area contributed by atoms with Crippen molar-refractivity contribution < 1.29 is 4.79 Å². The molecule has 0 aliphatic carbocycles. The first kappa shape index (κ1) is 13.5. The van der Waals surface area contributed by atoms with Crippen molar-refractivity contribution in [3.63, 3.8) is 0 Å². The highest BCUT2D eigenvalue weighted by Crippen LogP contribution is 2.15. The Morgan fingerprint density at radius 1 is 1.38 bits per heavy atom. The zero-order valence-electron chi connectivity index (χ0n) is 10.8. The lowest BCUT2D eigenvalue weighted by Crippen LogP contribution is -2.39. The van der Waals surface area contributed by atoms with Gasteiger partial charge in [0.05, 0.1) is 5.92 Å². The first-order valence-electron chi connectivity index (χ1n) is 6.39. The average Bonchev–Trinajstić information content (AvgIpc) is 2.70. The second-order valence-corrected chi connectivity index (χ2v) is 4.56. The summed E-state index contributed by atoms with van der Waals surface area (Å²) in [5.41, 5.74) is 0. The van der Waals surface area contributed by atoms with E-state index >= 15 is 0 Å². The average molecular weight is 227 g/mol. The van der Waals surface area contributed by atoms with E-state index in [1.807, 2.05) is 0 Å². The molecule has 0 saturated carbocycles. The van der Waals surface area contributed by atoms with Crippen LogP contribution in [0.4, 0.5) is 0 Å². The summed E-state index contributed by atoms with van der Waals surface area (Å²) in [7, 11) is 0. The Hall–Kier alpha value is -0.610. The molecular weight excluding hydrogens is 202 g/mol. The molecule has 2 N–H and O–H groups in total. The first-order chi connectivity index (χ1) is 7.69. The van der Waals surface area contributed by atoms with Gasteiger partial charge in [0.1, 0.15) is 0 Å². The summed E-state index contributed by atoms with van der Waals surface area (Å²) < 4.78 is 0. The molecule has 1 rings (SSSR count). The van der Waals surface area contributed by atoms with Gasteiger partial charge in [-0.2, -0.15) is 0 Å². The second-order valence-electron chi connectivity index (χ2n) is 4.56. The highest BCUT2D eigenvalue weighted by atomic mass is 16.1. The molecule has 1 amide bonds. The molecule has 4 nitrogen and oxygen atoms in total. The van der Waals surface area contributed by atoms with Gasteiger partial charge in [-0.3, -0.25) is 4.79 Å². The van der Waals surface area contributed by atoms with Crippen LogP contribution in [0.1, 0.15) is 20.8 Å². The van der Waals surface area contributed by atoms with E-state index in [1.165, 1.54) is 0 Å². The van der Waals surface area contributed by atoms with Crippen LogP contribution in [0.5, 0.6) is 0 Å². The Labute approximate surface area is 98.8 Å². The van der Waals surface area contributed by atoms with Gasteiger partial charge < -0.3 is 15.5 Å². The fraction of sp³-hybridized carbons (Fsp3) is 0.917. The van der Waals surface area contributed by atoms with Crippen molar-refractivity contribution in [1.29, 1.82) is 0 Å². The highest BCUT2D eigenvalue weighted by Gasteiger charge is 2.28. The Balaban J connectivity index is 2.19. The topological polar surface area (TPSA) is 44.4 Å². The maximum Gasteiger partial charge on any atom is 0.224 e. The molecule has 0 aromatic carbocycles. The van der Waals surface area contributed by atoms with Crippen LogP contribution in [0.2, 0.25) is 0 Å². The maximum absolute atomic E-state index is 11.8. The minimum absolute atomic E-state index is 0.164. The number of hydrogen-bond donors (Lipinski definition) is 2. The molecule has 0 aromatic rings. The minimum Gasteiger partial charge on any atom is -0.355 e. The molecule has 0 bridgehead atoms. The Morgan fingerprint density at radius 3 is 2.56 bits per heavy atom. The third-order valence-electron chi connectivity index (χ3n) is 3.48. The van der Waals surface area contributed by atoms with Crippen molar-refractivity contribution >= 4 is 5.91 Å². The second kappa shape index (κ2) is 6.86. The molecule has 2 unspecified atom stereocenters. The molecule has 1 aliphatic rings. The Bertz CT molecular complexity index is 216. The van der Waals surface area contributed by atoms with E-state index in [0.717, 1.165) is 39.3 Å². The van der Waals surface area contributed by atoms with Gasteiger partial charge in [-0.15, -0.1) is 0 Å². The summed E-state index contributed by atoms with van der Waals surface area (Å²) in [6, 6.07) is 0. The lowest BCUT2D eigenvalue weighted by molar-refractivity contribution is -0.125. The van der Waals surface area contributed by atoms with Crippen molar-refractivity contribution in [1.82, 2.24) is 15.5 Å². The van der Waals surface area contributed by atoms with Crippen molar-refractivity contribution in [3.8, 4) is 0 Å². The predicted molar refractivity (Wildman–Crippen MR) is 66.3 cm³/mol. The SMILES string of the molecule is CCN(CC)CCNC(=O)C1CNCC1C. The van der Waals surface area contributed by atoms with Crippen molar-refractivity contribution in [2.24, 2.45) is 11.8 Å². The third-order valence-corrected chi connectivity index (χ3v) is 3.48. The Kier molecular flexibility index (Phi) is 5.77. The number of likely N-dealkylation sites (N-methyl/N-ethyl adjacent to an activating group) is 1. The number of nitrogens with one attached hydrogen (secondary N) is 2. The lowest BCUT2D eigenvalue weighted by Gasteiger charge is -2.19. The van der Waals surface area contributed by atoms with Crippen molar-refractivity contribution in [3.05, 3.63) is 0 Å². The van der Waals surface area contributed by atoms with Gasteiger partial charge in [0, 0.05) is 19.6 Å². The van der Waals surface area contributed by atoms with Crippen molar-refractivity contribution in [2.45, 2.75) is 20.8 Å². The molecule has 1 aliphatic heterocycles. The number of carbonyl (C=O) groups excluding carboxylic acids is 1. The van der Waals surface area contributed by atoms with Crippen LogP contribution in [-0.4, -0.2) is 50.1 Å². The molecule has 1 fully saturated rings. The summed E-state index contributed by atoms with van der Waals surface area (Å²) in [6.07, 6.45) is 0. The van der Waals surface area contributed by atoms with Crippen LogP contribution in [0, 0.1) is 11.8 Å². The van der Waals surface area contributed by atoms with Crippen LogP contribution in [0.15, 0.2) is 0 Å². The molecule has 2 atom stereocenters. The molecule has 1 heterocycles. The molecule has 16 heavy (non-hydrogen) atoms. The zero-order valence-corrected chi connectivity index (χ0v) is 10.8. The van der Waals surface area contributed by atoms with Gasteiger partial charge in [0.15, 0.2) is 0 Å². The van der Waals surface area contributed by atoms with Crippen molar-refractivity contribution in [2.75, 3.05) is 39.3 Å². The fourth-order valence-electron chi connectivity index (χ4n) is 2.17. The fourth-order valence-corrected chi connectivity index (χ4v) is 2.17. The number of nitrogens with zero attached hydrogens (tertiary/aromatic N) is 1. The Morgan fingerprint density at radius 2 is 2.06 bits per heavy atom. The van der Waals surface area contributed by atoms with E-state index in [9.17, 15) is 4.79 Å². The zero-order chi connectivity index (χ0) is 12.0. The molecule has 0 radical (unpaired) electrons. The molecule has 1 saturated heterocycles. The normalized spacial score (nSPS) is 25.0. The number of amides is 1. The van der Waals surface area contributed by atoms with Gasteiger partial charge in [0.25, 0.3) is 0 Å². The molecular formula is C12H25N3O. The van der Waals surface area contributed by atoms with E-state index in [0.29, 0.717) is 5.92 Å². The van der Waals surface area contributed by atoms with E-state index in [1.54, 1.807) is 0 Å². The number of hydrogen-bond acceptors (Lipinski definition) is 3. The van der Waals surface area contributed by atoms with Gasteiger partial charge in [0.2, 0.25) is 5.91 Å². The van der Waals surface area contributed by atoms with Crippen LogP contribution in [0.25, 0.3) is 0 Å². The lowest BCUT2D eigenvalue weighted by atomic mass is 9.97. The summed E-state index contributed by atoms with van der Waals surface area (Å²) in [4.78, 5) is 14.2. The third kappa shape index (κ3) is 3.76. The summed E-state index contributed by atoms with van der Waals surface area (Å²) in [6.45, 7) is 12.0. The van der Waals surface area contributed by atoms with E-state index in [4.69, 9.17) is 0 Å². The van der Waals surface area contributed by atoms with Crippen LogP contribution >= 0.6 is 0 Å². The van der Waals surface area contributed by atoms with Gasteiger partial charge in [-0.25, -0.2) is 0 Å². The molecule has 0 aromatic heterocycles. The van der Waals surface area contributed by atoms with E-state index < -0.39 is 0 Å². The predicted octanol–water partition coefficient (Wildman–Crippen LogP) is 0.300. The van der Waals surface area contributed by atoms with Crippen LogP contribution in [0.3, 0.4) is 0 Å². The van der Waals surface area contributed by atoms with Gasteiger partial charge in [-0.05, 0) is 25.6 Å². The number of rotatable bonds is 6. The van der Waals surface area contributed by atoms with Gasteiger partial charge in [-0.1, -0.05) is 20.8 Å². The van der Waals surface area contributed by atoms with Crippen LogP contribution in [-0.2, 0) is 4.79 Å². The molecule has 94 valence electrons. The first-order valence-corrected chi connectivity index (χ1v) is 6.39. The smallest absolute Gasteiger partial charge is 0.224 e. The largest absolute Gasteiger partial charge is 0.355 e. The standard InChI is InChI=1S/C12H25N3O/c1-4-15(5-2)7-6-14-12(16)11-9-13-8-10(11)3/h10-11,13H,4-9H2,1-3H3,(H,14,16). The highest BCUT2D eigenvalue weighted by molar-refractivity contribution is 5.79. The van der Waals surface area contributed by atoms with E-state index in [-0.39, 0.29) is 11.8 Å². The minimum atomic E-state index is 0.164. The summed E-state index contributed by atoms with van der Waals surface area (Å²) >= 11 is 0. The van der Waals surface area contributed by atoms with Crippen LogP contribution < -0.4 is 10.6 Å².